The number of ether oxygens (including phenoxy) is 2. The van der Waals surface area contributed by atoms with Crippen LogP contribution >= 0.6 is 22.9 Å². The molecule has 3 aromatic heterocycles. The zero-order valence-corrected chi connectivity index (χ0v) is 49.5. The van der Waals surface area contributed by atoms with Crippen molar-refractivity contribution in [2.45, 2.75) is 76.9 Å². The van der Waals surface area contributed by atoms with Crippen LogP contribution in [0, 0.1) is 13.8 Å². The number of thiophene rings is 1. The minimum absolute atomic E-state index is 0.0110. The van der Waals surface area contributed by atoms with Gasteiger partial charge in [0, 0.05) is 45.4 Å². The minimum Gasteiger partial charge on any atom is -0.491 e. The number of methoxy groups -OCH3 is 1. The molecule has 1 atom stereocenters. The van der Waals surface area contributed by atoms with Crippen LogP contribution < -0.4 is 10.3 Å². The van der Waals surface area contributed by atoms with Gasteiger partial charge in [-0.1, -0.05) is 163 Å². The van der Waals surface area contributed by atoms with Gasteiger partial charge in [0.15, 0.2) is 0 Å². The molecule has 4 aliphatic carbocycles. The number of esters is 1. The summed E-state index contributed by atoms with van der Waals surface area (Å²) in [7, 11) is 3.58. The van der Waals surface area contributed by atoms with Gasteiger partial charge in [0.05, 0.1) is 40.5 Å². The lowest BCUT2D eigenvalue weighted by Crippen LogP contribution is -2.41. The second-order valence-electron chi connectivity index (χ2n) is 23.4. The smallest absolute Gasteiger partial charge is 0.340 e. The van der Waals surface area contributed by atoms with Crippen molar-refractivity contribution in [3.05, 3.63) is 286 Å². The van der Waals surface area contributed by atoms with E-state index < -0.39 is 11.4 Å². The van der Waals surface area contributed by atoms with Crippen LogP contribution in [0.25, 0.3) is 54.7 Å². The molecular formula is C75H61ClN4O4S. The van der Waals surface area contributed by atoms with E-state index in [9.17, 15) is 9.59 Å². The van der Waals surface area contributed by atoms with Crippen LogP contribution in [0.4, 0.5) is 0 Å². The molecule has 0 spiro atoms. The van der Waals surface area contributed by atoms with Crippen LogP contribution in [0.5, 0.6) is 5.75 Å². The third-order valence-electron chi connectivity index (χ3n) is 18.8. The summed E-state index contributed by atoms with van der Waals surface area (Å²) in [6.45, 7) is 5.07. The number of likely N-dealkylation sites (N-methyl/N-ethyl adjacent to an activating group) is 1. The Balaban J connectivity index is 0.756. The highest BCUT2D eigenvalue weighted by Gasteiger charge is 2.46. The summed E-state index contributed by atoms with van der Waals surface area (Å²) in [6, 6.07) is 65.5. The molecule has 0 aliphatic heterocycles. The van der Waals surface area contributed by atoms with Crippen LogP contribution in [-0.4, -0.2) is 52.2 Å². The normalized spacial score (nSPS) is 14.4. The quantitative estimate of drug-likeness (QED) is 0.0840. The van der Waals surface area contributed by atoms with E-state index in [-0.39, 0.29) is 18.2 Å². The van der Waals surface area contributed by atoms with Gasteiger partial charge in [-0.2, -0.15) is 0 Å². The fourth-order valence-corrected chi connectivity index (χ4v) is 16.0. The van der Waals surface area contributed by atoms with Crippen molar-refractivity contribution in [2.75, 3.05) is 20.8 Å². The van der Waals surface area contributed by atoms with Gasteiger partial charge in [-0.15, -0.1) is 11.3 Å². The predicted octanol–water partition coefficient (Wildman–Crippen LogP) is 15.7. The number of nitrogens with zero attached hydrogens (tertiary/aromatic N) is 4. The van der Waals surface area contributed by atoms with E-state index in [0.717, 1.165) is 71.4 Å². The first-order valence-electron chi connectivity index (χ1n) is 29.5. The molecule has 11 aromatic rings. The highest BCUT2D eigenvalue weighted by Crippen LogP contribution is 2.56. The summed E-state index contributed by atoms with van der Waals surface area (Å²) < 4.78 is 14.2. The fraction of sp³-hybridized carbons (Fsp3) is 0.200. The molecule has 418 valence electrons. The van der Waals surface area contributed by atoms with Crippen molar-refractivity contribution in [3.63, 3.8) is 0 Å². The molecule has 85 heavy (non-hydrogen) atoms. The predicted molar refractivity (Wildman–Crippen MR) is 342 cm³/mol. The Labute approximate surface area is 504 Å². The molecule has 0 radical (unpaired) electrons. The molecule has 3 heterocycles. The summed E-state index contributed by atoms with van der Waals surface area (Å²) in [5.41, 5.74) is 27.1. The Hall–Kier alpha value is -8.73. The maximum absolute atomic E-state index is 14.7. The zero-order chi connectivity index (χ0) is 57.7. The lowest BCUT2D eigenvalue weighted by molar-refractivity contribution is 0.0603. The van der Waals surface area contributed by atoms with Gasteiger partial charge in [-0.25, -0.2) is 9.78 Å². The van der Waals surface area contributed by atoms with Crippen molar-refractivity contribution < 1.29 is 14.3 Å². The molecule has 1 unspecified atom stereocenters. The Bertz CT molecular complexity index is 4380. The summed E-state index contributed by atoms with van der Waals surface area (Å²) >= 11 is 8.05. The molecule has 0 N–H and O–H groups in total. The summed E-state index contributed by atoms with van der Waals surface area (Å²) in [6.07, 6.45) is 4.85. The number of aryl methyl sites for hydroxylation is 3. The molecule has 0 saturated carbocycles. The number of carbonyl (C=O) groups is 1. The lowest BCUT2D eigenvalue weighted by atomic mass is 9.61. The van der Waals surface area contributed by atoms with Gasteiger partial charge in [0.2, 0.25) is 0 Å². The van der Waals surface area contributed by atoms with Crippen LogP contribution in [0.1, 0.15) is 101 Å². The highest BCUT2D eigenvalue weighted by molar-refractivity contribution is 7.18. The van der Waals surface area contributed by atoms with Gasteiger partial charge >= 0.3 is 5.97 Å². The van der Waals surface area contributed by atoms with E-state index in [1.54, 1.807) is 16.0 Å². The number of aromatic nitrogens is 3. The van der Waals surface area contributed by atoms with Gasteiger partial charge < -0.3 is 9.47 Å². The Morgan fingerprint density at radius 2 is 1.22 bits per heavy atom. The van der Waals surface area contributed by atoms with Gasteiger partial charge in [0.1, 0.15) is 18.2 Å². The van der Waals surface area contributed by atoms with E-state index in [0.29, 0.717) is 40.6 Å². The topological polar surface area (TPSA) is 86.5 Å². The fourth-order valence-electron chi connectivity index (χ4n) is 14.8. The largest absolute Gasteiger partial charge is 0.491 e. The van der Waals surface area contributed by atoms with Crippen molar-refractivity contribution >= 4 is 39.1 Å². The van der Waals surface area contributed by atoms with Crippen molar-refractivity contribution in [3.8, 4) is 50.3 Å². The summed E-state index contributed by atoms with van der Waals surface area (Å²) in [5.74, 6) is 0.847. The first-order chi connectivity index (χ1) is 41.5. The molecule has 4 aliphatic rings. The molecular weight excluding hydrogens is 1090 g/mol. The number of rotatable bonds is 13. The summed E-state index contributed by atoms with van der Waals surface area (Å²) in [5, 5.41) is 2.33. The van der Waals surface area contributed by atoms with Crippen LogP contribution in [0.3, 0.4) is 0 Å². The third kappa shape index (κ3) is 8.72. The lowest BCUT2D eigenvalue weighted by Gasteiger charge is -2.41. The number of benzene rings is 8. The number of carbonyl (C=O) groups excluding carboxylic acids is 1. The van der Waals surface area contributed by atoms with Gasteiger partial charge in [0.25, 0.3) is 5.56 Å². The van der Waals surface area contributed by atoms with Gasteiger partial charge in [-0.3, -0.25) is 19.2 Å². The van der Waals surface area contributed by atoms with Crippen LogP contribution in [-0.2, 0) is 55.3 Å². The standard InChI is InChI=1S/C75H61ClN4O4S/c1-44-36-63(72-71(77-44)65(43-85-72)74(82)83-4)62-40-51(76)30-33-70(62)84-35-34-80-45(2)78-69-32-31-52(41-64(69)73(80)81)79(3)42-46-26-28-50(29-27-46)75(66-23-11-20-56-53-17-8-5-14-47(53)37-59(56)66,67-24-12-21-57-54-18-9-6-15-48(54)38-60(57)67)68-25-13-22-58-55-19-10-7-16-49(55)39-61(58)68/h5-30,33,36,40,43,52H,31-32,34-35,37-39,41-42H2,1-4H3. The van der Waals surface area contributed by atoms with Crippen molar-refractivity contribution in [1.29, 1.82) is 0 Å². The third-order valence-corrected chi connectivity index (χ3v) is 20.0. The average molecular weight is 1150 g/mol. The van der Waals surface area contributed by atoms with E-state index in [2.05, 4.69) is 164 Å². The maximum Gasteiger partial charge on any atom is 0.340 e. The zero-order valence-electron chi connectivity index (χ0n) is 48.0. The SMILES string of the molecule is COC(=O)c1csc2c(-c3cc(Cl)ccc3OCCn3c(C)nc4c(c3=O)CC(N(C)Cc3ccc(C(c5cccc6c5Cc5ccccc5-6)(c5cccc6c5Cc5ccccc5-6)c5cccc6c5Cc5ccccc5-6)cc3)CC4)cc(C)nc12. The van der Waals surface area contributed by atoms with Crippen molar-refractivity contribution in [1.82, 2.24) is 19.4 Å². The Kier molecular flexibility index (Phi) is 13.2. The van der Waals surface area contributed by atoms with E-state index in [1.165, 1.54) is 113 Å². The number of fused-ring (bicyclic) bond motifs is 11. The molecule has 8 nitrogen and oxygen atoms in total. The first-order valence-corrected chi connectivity index (χ1v) is 30.7. The van der Waals surface area contributed by atoms with Crippen LogP contribution in [0.15, 0.2) is 186 Å². The molecule has 0 amide bonds. The molecule has 15 rings (SSSR count). The summed E-state index contributed by atoms with van der Waals surface area (Å²) in [4.78, 5) is 39.5. The monoisotopic (exact) mass is 1150 g/mol. The molecule has 0 bridgehead atoms. The van der Waals surface area contributed by atoms with Crippen molar-refractivity contribution in [2.24, 2.45) is 0 Å². The highest BCUT2D eigenvalue weighted by atomic mass is 35.5. The molecule has 8 aromatic carbocycles. The van der Waals surface area contributed by atoms with E-state index >= 15 is 0 Å². The second-order valence-corrected chi connectivity index (χ2v) is 24.7. The number of hydrogen-bond acceptors (Lipinski definition) is 8. The van der Waals surface area contributed by atoms with E-state index in [4.69, 9.17) is 31.0 Å². The first kappa shape index (κ1) is 53.0. The minimum atomic E-state index is -0.689. The number of pyridine rings is 1. The molecule has 0 saturated heterocycles. The Morgan fingerprint density at radius 3 is 1.80 bits per heavy atom. The second kappa shape index (κ2) is 21.1. The number of hydrogen-bond donors (Lipinski definition) is 0. The molecule has 0 fully saturated rings. The molecule has 10 heteroatoms. The van der Waals surface area contributed by atoms with Gasteiger partial charge in [-0.05, 0) is 178 Å². The van der Waals surface area contributed by atoms with E-state index in [1.807, 2.05) is 32.0 Å². The average Bonchev–Trinajstić information content (AvgIpc) is 1.73. The maximum atomic E-state index is 14.7. The Morgan fingerprint density at radius 1 is 0.659 bits per heavy atom. The number of halogens is 1. The van der Waals surface area contributed by atoms with Crippen LogP contribution in [0.2, 0.25) is 5.02 Å².